The molecule has 2 atom stereocenters. The van der Waals surface area contributed by atoms with Gasteiger partial charge >= 0.3 is 0 Å². The maximum atomic E-state index is 6.49. The Hall–Kier alpha value is -1.93. The second-order valence-electron chi connectivity index (χ2n) is 7.83. The molecule has 7 nitrogen and oxygen atoms in total. The molecule has 3 aromatic rings. The Kier molecular flexibility index (Phi) is 5.30. The van der Waals surface area contributed by atoms with Crippen molar-refractivity contribution in [2.24, 2.45) is 5.92 Å². The molecule has 0 bridgehead atoms. The predicted octanol–water partition coefficient (Wildman–Crippen LogP) is 2.99. The zero-order valence-electron chi connectivity index (χ0n) is 16.6. The van der Waals surface area contributed by atoms with Gasteiger partial charge in [0, 0.05) is 43.6 Å². The summed E-state index contributed by atoms with van der Waals surface area (Å²) in [5, 5.41) is 9.86. The van der Waals surface area contributed by atoms with Crippen LogP contribution in [0.15, 0.2) is 24.3 Å². The molecule has 0 aliphatic carbocycles. The fraction of sp³-hybridized carbons (Fsp3) is 0.524. The van der Waals surface area contributed by atoms with E-state index in [4.69, 9.17) is 26.1 Å². The molecule has 8 heteroatoms. The number of ether oxygens (including phenoxy) is 2. The minimum Gasteiger partial charge on any atom is -0.381 e. The third-order valence-electron chi connectivity index (χ3n) is 6.07. The summed E-state index contributed by atoms with van der Waals surface area (Å²) in [5.74, 6) is 1.38. The lowest BCUT2D eigenvalue weighted by atomic mass is 9.97. The van der Waals surface area contributed by atoms with Crippen molar-refractivity contribution in [2.45, 2.75) is 19.4 Å². The molecule has 0 saturated carbocycles. The van der Waals surface area contributed by atoms with E-state index in [2.05, 4.69) is 27.4 Å². The van der Waals surface area contributed by atoms with E-state index >= 15 is 0 Å². The number of nitrogens with one attached hydrogen (secondary N) is 1. The topological polar surface area (TPSA) is 63.9 Å². The fourth-order valence-electron chi connectivity index (χ4n) is 4.48. The number of aryl methyl sites for hydroxylation is 1. The first-order valence-electron chi connectivity index (χ1n) is 10.3. The van der Waals surface area contributed by atoms with Gasteiger partial charge in [0.1, 0.15) is 10.8 Å². The summed E-state index contributed by atoms with van der Waals surface area (Å²) >= 11 is 6.49. The zero-order valence-corrected chi connectivity index (χ0v) is 17.4. The first-order chi connectivity index (χ1) is 14.2. The third-order valence-corrected chi connectivity index (χ3v) is 6.51. The van der Waals surface area contributed by atoms with E-state index in [1.54, 1.807) is 0 Å². The van der Waals surface area contributed by atoms with Crippen LogP contribution in [0.5, 0.6) is 0 Å². The van der Waals surface area contributed by atoms with Crippen LogP contribution in [-0.2, 0) is 9.47 Å². The summed E-state index contributed by atoms with van der Waals surface area (Å²) in [6, 6.07) is 8.58. The predicted molar refractivity (Wildman–Crippen MR) is 114 cm³/mol. The summed E-state index contributed by atoms with van der Waals surface area (Å²) in [6.45, 7) is 7.91. The van der Waals surface area contributed by atoms with Gasteiger partial charge in [-0.2, -0.15) is 5.10 Å². The molecule has 29 heavy (non-hydrogen) atoms. The Bertz CT molecular complexity index is 1010. The van der Waals surface area contributed by atoms with E-state index < -0.39 is 0 Å². The number of morpholine rings is 1. The van der Waals surface area contributed by atoms with Crippen LogP contribution in [0.4, 0.5) is 5.82 Å². The standard InChI is InChI=1S/C21H26ClN5O2/c1-14-19(22)21-24-20(16-4-2-3-5-17(16)27(21)25-14)23-12-18(15-6-9-29-13-15)26-7-10-28-11-8-26/h2-5,15,18H,6-13H2,1H3,(H,23,24). The van der Waals surface area contributed by atoms with Crippen LogP contribution in [-0.4, -0.2) is 71.6 Å². The largest absolute Gasteiger partial charge is 0.381 e. The summed E-state index contributed by atoms with van der Waals surface area (Å²) < 4.78 is 13.1. The number of halogens is 1. The highest BCUT2D eigenvalue weighted by Gasteiger charge is 2.31. The van der Waals surface area contributed by atoms with Gasteiger partial charge in [0.2, 0.25) is 0 Å². The minimum absolute atomic E-state index is 0.389. The SMILES string of the molecule is Cc1nn2c(nc(NCC(C3CCOC3)N3CCOCC3)c3ccccc32)c1Cl. The first kappa shape index (κ1) is 19.1. The van der Waals surface area contributed by atoms with Gasteiger partial charge in [-0.1, -0.05) is 23.7 Å². The number of anilines is 1. The lowest BCUT2D eigenvalue weighted by Crippen LogP contribution is -2.50. The second-order valence-corrected chi connectivity index (χ2v) is 8.21. The summed E-state index contributed by atoms with van der Waals surface area (Å²) in [5.41, 5.74) is 2.48. The van der Waals surface area contributed by atoms with Crippen molar-refractivity contribution in [1.82, 2.24) is 19.5 Å². The smallest absolute Gasteiger partial charge is 0.176 e. The van der Waals surface area contributed by atoms with Gasteiger partial charge in [-0.25, -0.2) is 9.50 Å². The molecule has 2 saturated heterocycles. The van der Waals surface area contributed by atoms with E-state index in [1.165, 1.54) is 0 Å². The molecule has 0 spiro atoms. The van der Waals surface area contributed by atoms with Gasteiger partial charge in [-0.05, 0) is 25.5 Å². The van der Waals surface area contributed by atoms with Crippen molar-refractivity contribution in [2.75, 3.05) is 51.4 Å². The number of nitrogens with zero attached hydrogens (tertiary/aromatic N) is 4. The summed E-state index contributed by atoms with van der Waals surface area (Å²) in [4.78, 5) is 7.38. The zero-order chi connectivity index (χ0) is 19.8. The molecule has 0 radical (unpaired) electrons. The quantitative estimate of drug-likeness (QED) is 0.691. The Balaban J connectivity index is 1.48. The van der Waals surface area contributed by atoms with Crippen LogP contribution in [0.3, 0.4) is 0 Å². The average molecular weight is 416 g/mol. The van der Waals surface area contributed by atoms with Gasteiger partial charge in [-0.3, -0.25) is 4.90 Å². The normalized spacial score (nSPS) is 21.8. The number of benzene rings is 1. The van der Waals surface area contributed by atoms with E-state index in [0.717, 1.165) is 74.9 Å². The lowest BCUT2D eigenvalue weighted by Gasteiger charge is -2.37. The molecule has 5 rings (SSSR count). The molecule has 4 heterocycles. The van der Waals surface area contributed by atoms with Crippen LogP contribution in [0.1, 0.15) is 12.1 Å². The van der Waals surface area contributed by atoms with Gasteiger partial charge in [0.15, 0.2) is 5.65 Å². The van der Waals surface area contributed by atoms with Crippen LogP contribution in [0.2, 0.25) is 5.02 Å². The van der Waals surface area contributed by atoms with Crippen molar-refractivity contribution >= 4 is 34.0 Å². The number of hydrogen-bond acceptors (Lipinski definition) is 6. The molecule has 2 aromatic heterocycles. The molecule has 2 aliphatic rings. The van der Waals surface area contributed by atoms with E-state index in [-0.39, 0.29) is 0 Å². The maximum Gasteiger partial charge on any atom is 0.176 e. The number of para-hydroxylation sites is 1. The van der Waals surface area contributed by atoms with Crippen molar-refractivity contribution in [3.63, 3.8) is 0 Å². The van der Waals surface area contributed by atoms with E-state index in [0.29, 0.717) is 22.6 Å². The van der Waals surface area contributed by atoms with E-state index in [9.17, 15) is 0 Å². The summed E-state index contributed by atoms with van der Waals surface area (Å²) in [7, 11) is 0. The van der Waals surface area contributed by atoms with E-state index in [1.807, 2.05) is 23.6 Å². The lowest BCUT2D eigenvalue weighted by molar-refractivity contribution is 0.00460. The van der Waals surface area contributed by atoms with Gasteiger partial charge in [0.05, 0.1) is 31.0 Å². The molecule has 0 amide bonds. The Morgan fingerprint density at radius 3 is 2.83 bits per heavy atom. The Morgan fingerprint density at radius 2 is 2.03 bits per heavy atom. The van der Waals surface area contributed by atoms with Gasteiger partial charge < -0.3 is 14.8 Å². The fourth-order valence-corrected chi connectivity index (χ4v) is 4.64. The highest BCUT2D eigenvalue weighted by Crippen LogP contribution is 2.29. The molecular weight excluding hydrogens is 390 g/mol. The molecule has 154 valence electrons. The van der Waals surface area contributed by atoms with Crippen molar-refractivity contribution in [3.8, 4) is 0 Å². The second kappa shape index (κ2) is 8.07. The molecule has 1 aromatic carbocycles. The number of rotatable bonds is 5. The Labute approximate surface area is 174 Å². The molecule has 1 N–H and O–H groups in total. The molecular formula is C21H26ClN5O2. The minimum atomic E-state index is 0.389. The number of hydrogen-bond donors (Lipinski definition) is 1. The van der Waals surface area contributed by atoms with Gasteiger partial charge in [-0.15, -0.1) is 0 Å². The number of aromatic nitrogens is 3. The highest BCUT2D eigenvalue weighted by atomic mass is 35.5. The van der Waals surface area contributed by atoms with Crippen molar-refractivity contribution in [1.29, 1.82) is 0 Å². The summed E-state index contributed by atoms with van der Waals surface area (Å²) in [6.07, 6.45) is 1.10. The van der Waals surface area contributed by atoms with Crippen LogP contribution in [0, 0.1) is 12.8 Å². The number of fused-ring (bicyclic) bond motifs is 3. The highest BCUT2D eigenvalue weighted by molar-refractivity contribution is 6.34. The Morgan fingerprint density at radius 1 is 1.21 bits per heavy atom. The van der Waals surface area contributed by atoms with Crippen LogP contribution >= 0.6 is 11.6 Å². The third kappa shape index (κ3) is 3.57. The molecule has 2 unspecified atom stereocenters. The maximum absolute atomic E-state index is 6.49. The first-order valence-corrected chi connectivity index (χ1v) is 10.7. The van der Waals surface area contributed by atoms with Gasteiger partial charge in [0.25, 0.3) is 0 Å². The van der Waals surface area contributed by atoms with Crippen LogP contribution in [0.25, 0.3) is 16.6 Å². The van der Waals surface area contributed by atoms with Crippen molar-refractivity contribution < 1.29 is 9.47 Å². The average Bonchev–Trinajstić information content (AvgIpc) is 3.38. The van der Waals surface area contributed by atoms with Crippen LogP contribution < -0.4 is 5.32 Å². The van der Waals surface area contributed by atoms with Crippen molar-refractivity contribution in [3.05, 3.63) is 35.0 Å². The molecule has 2 aliphatic heterocycles. The monoisotopic (exact) mass is 415 g/mol. The molecule has 2 fully saturated rings.